The van der Waals surface area contributed by atoms with Crippen LogP contribution in [0.1, 0.15) is 29.3 Å². The lowest BCUT2D eigenvalue weighted by Crippen LogP contribution is -2.41. The summed E-state index contributed by atoms with van der Waals surface area (Å²) in [7, 11) is -3.79. The SMILES string of the molecule is Cc1ccc(S(=O)(=O)N2[C@H](CC(=O)c3ccc(F)cc3)OC[C@@H]2C)cc1. The van der Waals surface area contributed by atoms with Crippen LogP contribution >= 0.6 is 0 Å². The van der Waals surface area contributed by atoms with Gasteiger partial charge >= 0.3 is 0 Å². The third-order valence-corrected chi connectivity index (χ3v) is 6.39. The fourth-order valence-corrected chi connectivity index (χ4v) is 4.67. The van der Waals surface area contributed by atoms with Crippen molar-refractivity contribution in [3.63, 3.8) is 0 Å². The smallest absolute Gasteiger partial charge is 0.245 e. The first-order valence-electron chi connectivity index (χ1n) is 8.29. The largest absolute Gasteiger partial charge is 0.360 e. The van der Waals surface area contributed by atoms with E-state index in [0.29, 0.717) is 5.56 Å². The van der Waals surface area contributed by atoms with Gasteiger partial charge < -0.3 is 4.74 Å². The average molecular weight is 377 g/mol. The molecule has 2 aromatic carbocycles. The van der Waals surface area contributed by atoms with Gasteiger partial charge in [0, 0.05) is 11.6 Å². The number of ketones is 1. The number of benzene rings is 2. The molecule has 26 heavy (non-hydrogen) atoms. The number of Topliss-reactive ketones (excluding diaryl/α,β-unsaturated/α-hetero) is 1. The van der Waals surface area contributed by atoms with E-state index in [2.05, 4.69) is 0 Å². The number of carbonyl (C=O) groups is 1. The topological polar surface area (TPSA) is 63.7 Å². The molecule has 0 unspecified atom stereocenters. The first-order valence-corrected chi connectivity index (χ1v) is 9.73. The molecule has 0 N–H and O–H groups in total. The van der Waals surface area contributed by atoms with Gasteiger partial charge in [0.1, 0.15) is 12.0 Å². The Labute approximate surface area is 152 Å². The Kier molecular flexibility index (Phi) is 5.22. The van der Waals surface area contributed by atoms with Crippen LogP contribution in [-0.2, 0) is 14.8 Å². The van der Waals surface area contributed by atoms with Crippen molar-refractivity contribution in [3.05, 3.63) is 65.5 Å². The molecule has 7 heteroatoms. The van der Waals surface area contributed by atoms with Crippen molar-refractivity contribution in [1.82, 2.24) is 4.31 Å². The van der Waals surface area contributed by atoms with Gasteiger partial charge in [-0.15, -0.1) is 0 Å². The number of nitrogens with zero attached hydrogens (tertiary/aromatic N) is 1. The number of ether oxygens (including phenoxy) is 1. The second-order valence-electron chi connectivity index (χ2n) is 6.42. The summed E-state index contributed by atoms with van der Waals surface area (Å²) in [4.78, 5) is 12.6. The molecule has 0 aliphatic carbocycles. The zero-order chi connectivity index (χ0) is 18.9. The molecule has 0 spiro atoms. The van der Waals surface area contributed by atoms with Gasteiger partial charge in [-0.25, -0.2) is 12.8 Å². The van der Waals surface area contributed by atoms with Gasteiger partial charge in [0.05, 0.1) is 17.9 Å². The monoisotopic (exact) mass is 377 g/mol. The van der Waals surface area contributed by atoms with Crippen molar-refractivity contribution in [2.75, 3.05) is 6.61 Å². The molecule has 0 radical (unpaired) electrons. The molecule has 1 fully saturated rings. The van der Waals surface area contributed by atoms with Crippen molar-refractivity contribution in [1.29, 1.82) is 0 Å². The van der Waals surface area contributed by atoms with Gasteiger partial charge in [0.15, 0.2) is 5.78 Å². The number of hydrogen-bond donors (Lipinski definition) is 0. The molecule has 2 aromatic rings. The highest BCUT2D eigenvalue weighted by atomic mass is 32.2. The molecule has 1 saturated heterocycles. The second-order valence-corrected chi connectivity index (χ2v) is 8.26. The third kappa shape index (κ3) is 3.70. The fourth-order valence-electron chi connectivity index (χ4n) is 2.97. The Morgan fingerprint density at radius 3 is 2.38 bits per heavy atom. The maximum Gasteiger partial charge on any atom is 0.245 e. The van der Waals surface area contributed by atoms with Crippen LogP contribution in [0.15, 0.2) is 53.4 Å². The van der Waals surface area contributed by atoms with Crippen molar-refractivity contribution in [2.24, 2.45) is 0 Å². The van der Waals surface area contributed by atoms with E-state index in [4.69, 9.17) is 4.74 Å². The first kappa shape index (κ1) is 18.7. The molecule has 3 rings (SSSR count). The van der Waals surface area contributed by atoms with E-state index >= 15 is 0 Å². The Morgan fingerprint density at radius 1 is 1.15 bits per heavy atom. The molecule has 1 aliphatic rings. The summed E-state index contributed by atoms with van der Waals surface area (Å²) >= 11 is 0. The van der Waals surface area contributed by atoms with Crippen LogP contribution in [0, 0.1) is 12.7 Å². The number of sulfonamides is 1. The number of carbonyl (C=O) groups excluding carboxylic acids is 1. The highest BCUT2D eigenvalue weighted by Gasteiger charge is 2.42. The summed E-state index contributed by atoms with van der Waals surface area (Å²) in [6, 6.07) is 11.3. The lowest BCUT2D eigenvalue weighted by molar-refractivity contribution is 0.0538. The number of aryl methyl sites for hydroxylation is 1. The summed E-state index contributed by atoms with van der Waals surface area (Å²) < 4.78 is 45.9. The Bertz CT molecular complexity index is 894. The summed E-state index contributed by atoms with van der Waals surface area (Å²) in [5.41, 5.74) is 1.28. The Balaban J connectivity index is 1.84. The lowest BCUT2D eigenvalue weighted by Gasteiger charge is -2.25. The van der Waals surface area contributed by atoms with Crippen LogP contribution < -0.4 is 0 Å². The molecule has 0 saturated carbocycles. The molecule has 2 atom stereocenters. The summed E-state index contributed by atoms with van der Waals surface area (Å²) in [6.45, 7) is 3.84. The maximum atomic E-state index is 13.0. The van der Waals surface area contributed by atoms with Crippen LogP contribution in [0.3, 0.4) is 0 Å². The number of hydrogen-bond acceptors (Lipinski definition) is 4. The van der Waals surface area contributed by atoms with Crippen molar-refractivity contribution in [3.8, 4) is 0 Å². The van der Waals surface area contributed by atoms with E-state index in [0.717, 1.165) is 5.56 Å². The second kappa shape index (κ2) is 7.26. The van der Waals surface area contributed by atoms with E-state index in [-0.39, 0.29) is 29.7 Å². The van der Waals surface area contributed by atoms with Crippen molar-refractivity contribution < 1.29 is 22.3 Å². The highest BCUT2D eigenvalue weighted by molar-refractivity contribution is 7.89. The lowest BCUT2D eigenvalue weighted by atomic mass is 10.1. The van der Waals surface area contributed by atoms with Crippen molar-refractivity contribution in [2.45, 2.75) is 37.4 Å². The van der Waals surface area contributed by atoms with Gasteiger partial charge in [-0.05, 0) is 50.2 Å². The molecule has 0 bridgehead atoms. The van der Waals surface area contributed by atoms with Crippen LogP contribution in [0.2, 0.25) is 0 Å². The van der Waals surface area contributed by atoms with E-state index < -0.39 is 22.1 Å². The predicted octanol–water partition coefficient (Wildman–Crippen LogP) is 3.14. The summed E-state index contributed by atoms with van der Waals surface area (Å²) in [6.07, 6.45) is -1.00. The molecule has 138 valence electrons. The normalized spacial score (nSPS) is 21.0. The third-order valence-electron chi connectivity index (χ3n) is 4.37. The zero-order valence-corrected chi connectivity index (χ0v) is 15.4. The van der Waals surface area contributed by atoms with Gasteiger partial charge in [-0.2, -0.15) is 4.31 Å². The summed E-state index contributed by atoms with van der Waals surface area (Å²) in [5.74, 6) is -0.732. The van der Waals surface area contributed by atoms with Gasteiger partial charge in [0.2, 0.25) is 10.0 Å². The van der Waals surface area contributed by atoms with Crippen LogP contribution in [0.4, 0.5) is 4.39 Å². The van der Waals surface area contributed by atoms with Gasteiger partial charge in [0.25, 0.3) is 0 Å². The van der Waals surface area contributed by atoms with E-state index in [9.17, 15) is 17.6 Å². The molecule has 0 aromatic heterocycles. The molecule has 1 aliphatic heterocycles. The highest BCUT2D eigenvalue weighted by Crippen LogP contribution is 2.29. The Hall–Kier alpha value is -2.09. The Morgan fingerprint density at radius 2 is 1.77 bits per heavy atom. The minimum absolute atomic E-state index is 0.124. The van der Waals surface area contributed by atoms with Crippen LogP contribution in [-0.4, -0.2) is 37.4 Å². The van der Waals surface area contributed by atoms with Gasteiger partial charge in [-0.3, -0.25) is 4.79 Å². The average Bonchev–Trinajstić information content (AvgIpc) is 2.97. The predicted molar refractivity (Wildman–Crippen MR) is 94.8 cm³/mol. The maximum absolute atomic E-state index is 13.0. The minimum atomic E-state index is -3.79. The van der Waals surface area contributed by atoms with Crippen molar-refractivity contribution >= 4 is 15.8 Å². The molecule has 1 heterocycles. The molecular weight excluding hydrogens is 357 g/mol. The number of halogens is 1. The van der Waals surface area contributed by atoms with Gasteiger partial charge in [-0.1, -0.05) is 17.7 Å². The summed E-state index contributed by atoms with van der Waals surface area (Å²) in [5, 5.41) is 0. The quantitative estimate of drug-likeness (QED) is 0.751. The van der Waals surface area contributed by atoms with Crippen LogP contribution in [0.5, 0.6) is 0 Å². The molecule has 0 amide bonds. The van der Waals surface area contributed by atoms with E-state index in [1.807, 2.05) is 6.92 Å². The van der Waals surface area contributed by atoms with E-state index in [1.165, 1.54) is 28.6 Å². The van der Waals surface area contributed by atoms with Crippen LogP contribution in [0.25, 0.3) is 0 Å². The molecule has 5 nitrogen and oxygen atoms in total. The first-order chi connectivity index (χ1) is 12.3. The standard InChI is InChI=1S/C19H20FNO4S/c1-13-3-9-17(10-4-13)26(23,24)21-14(2)12-25-19(21)11-18(22)15-5-7-16(20)8-6-15/h3-10,14,19H,11-12H2,1-2H3/t14-,19-/m0/s1. The minimum Gasteiger partial charge on any atom is -0.360 e. The van der Waals surface area contributed by atoms with E-state index in [1.54, 1.807) is 31.2 Å². The zero-order valence-electron chi connectivity index (χ0n) is 14.6. The number of rotatable bonds is 5. The molecular formula is C19H20FNO4S. The fraction of sp³-hybridized carbons (Fsp3) is 0.316.